The van der Waals surface area contributed by atoms with E-state index in [4.69, 9.17) is 9.47 Å². The molecule has 26 heavy (non-hydrogen) atoms. The molecule has 1 heterocycles. The Hall–Kier alpha value is -1.59. The standard InChI is InChI=1S/C21H32N2O3/c1-3-15-26-21(2,17-6-7-17)20(24)22-18-8-10-19(11-9-18)25-16-14-23-12-4-5-13-23/h8-11,17H,3-7,12-16H2,1-2H3,(H,22,24)/t21-/m0/s1. The number of amides is 1. The van der Waals surface area contributed by atoms with Gasteiger partial charge in [0.25, 0.3) is 5.91 Å². The molecule has 0 spiro atoms. The molecule has 2 fully saturated rings. The van der Waals surface area contributed by atoms with E-state index in [9.17, 15) is 4.79 Å². The maximum absolute atomic E-state index is 12.8. The lowest BCUT2D eigenvalue weighted by Crippen LogP contribution is -2.45. The fourth-order valence-corrected chi connectivity index (χ4v) is 3.51. The number of hydrogen-bond acceptors (Lipinski definition) is 4. The normalized spacial score (nSPS) is 19.9. The molecule has 1 aliphatic heterocycles. The summed E-state index contributed by atoms with van der Waals surface area (Å²) >= 11 is 0. The minimum absolute atomic E-state index is 0.0452. The molecule has 5 heteroatoms. The molecule has 2 aliphatic rings. The molecule has 1 aliphatic carbocycles. The quantitative estimate of drug-likeness (QED) is 0.691. The number of nitrogens with zero attached hydrogens (tertiary/aromatic N) is 1. The summed E-state index contributed by atoms with van der Waals surface area (Å²) in [6.45, 7) is 8.66. The van der Waals surface area contributed by atoms with Gasteiger partial charge in [0.05, 0.1) is 0 Å². The molecule has 5 nitrogen and oxygen atoms in total. The third-order valence-electron chi connectivity index (χ3n) is 5.40. The van der Waals surface area contributed by atoms with Gasteiger partial charge >= 0.3 is 0 Å². The zero-order chi connectivity index (χ0) is 18.4. The number of likely N-dealkylation sites (tertiary alicyclic amines) is 1. The summed E-state index contributed by atoms with van der Waals surface area (Å²) in [5, 5.41) is 3.01. The maximum atomic E-state index is 12.8. The van der Waals surface area contributed by atoms with E-state index in [0.717, 1.165) is 37.2 Å². The van der Waals surface area contributed by atoms with Crippen molar-refractivity contribution >= 4 is 11.6 Å². The van der Waals surface area contributed by atoms with E-state index in [1.54, 1.807) is 0 Å². The average Bonchev–Trinajstić information content (AvgIpc) is 3.39. The van der Waals surface area contributed by atoms with Gasteiger partial charge in [-0.05, 0) is 82.3 Å². The van der Waals surface area contributed by atoms with Gasteiger partial charge in [0.2, 0.25) is 0 Å². The Morgan fingerprint density at radius 1 is 1.19 bits per heavy atom. The Balaban J connectivity index is 1.48. The van der Waals surface area contributed by atoms with Gasteiger partial charge in [-0.3, -0.25) is 9.69 Å². The van der Waals surface area contributed by atoms with Crippen molar-refractivity contribution in [3.63, 3.8) is 0 Å². The molecule has 1 atom stereocenters. The van der Waals surface area contributed by atoms with Gasteiger partial charge in [-0.2, -0.15) is 0 Å². The van der Waals surface area contributed by atoms with E-state index >= 15 is 0 Å². The van der Waals surface area contributed by atoms with Crippen molar-refractivity contribution in [2.45, 2.75) is 51.6 Å². The number of carbonyl (C=O) groups is 1. The van der Waals surface area contributed by atoms with Gasteiger partial charge in [0.1, 0.15) is 18.0 Å². The van der Waals surface area contributed by atoms with E-state index in [1.165, 1.54) is 25.9 Å². The van der Waals surface area contributed by atoms with Gasteiger partial charge < -0.3 is 14.8 Å². The van der Waals surface area contributed by atoms with Crippen LogP contribution >= 0.6 is 0 Å². The first-order valence-corrected chi connectivity index (χ1v) is 10.0. The Labute approximate surface area is 157 Å². The fraction of sp³-hybridized carbons (Fsp3) is 0.667. The van der Waals surface area contributed by atoms with Crippen molar-refractivity contribution < 1.29 is 14.3 Å². The summed E-state index contributed by atoms with van der Waals surface area (Å²) in [6, 6.07) is 7.63. The second-order valence-corrected chi connectivity index (χ2v) is 7.61. The van der Waals surface area contributed by atoms with E-state index in [-0.39, 0.29) is 5.91 Å². The molecular weight excluding hydrogens is 328 g/mol. The number of anilines is 1. The highest BCUT2D eigenvalue weighted by Crippen LogP contribution is 2.42. The molecule has 1 N–H and O–H groups in total. The van der Waals surface area contributed by atoms with Crippen LogP contribution in [0.3, 0.4) is 0 Å². The maximum Gasteiger partial charge on any atom is 0.256 e. The van der Waals surface area contributed by atoms with Gasteiger partial charge in [-0.1, -0.05) is 6.92 Å². The zero-order valence-corrected chi connectivity index (χ0v) is 16.1. The lowest BCUT2D eigenvalue weighted by molar-refractivity contribution is -0.142. The molecule has 1 saturated heterocycles. The van der Waals surface area contributed by atoms with E-state index in [1.807, 2.05) is 31.2 Å². The summed E-state index contributed by atoms with van der Waals surface area (Å²) in [5.74, 6) is 1.13. The van der Waals surface area contributed by atoms with Gasteiger partial charge in [-0.15, -0.1) is 0 Å². The van der Waals surface area contributed by atoms with Crippen LogP contribution in [0.2, 0.25) is 0 Å². The number of nitrogens with one attached hydrogen (secondary N) is 1. The van der Waals surface area contributed by atoms with Crippen LogP contribution in [-0.2, 0) is 9.53 Å². The summed E-state index contributed by atoms with van der Waals surface area (Å²) < 4.78 is 11.7. The molecule has 1 amide bonds. The molecule has 144 valence electrons. The topological polar surface area (TPSA) is 50.8 Å². The number of ether oxygens (including phenoxy) is 2. The van der Waals surface area contributed by atoms with Crippen LogP contribution in [0.5, 0.6) is 5.75 Å². The first-order valence-electron chi connectivity index (χ1n) is 10.0. The first kappa shape index (κ1) is 19.2. The minimum atomic E-state index is -0.721. The second-order valence-electron chi connectivity index (χ2n) is 7.61. The van der Waals surface area contributed by atoms with Gasteiger partial charge in [0, 0.05) is 18.8 Å². The smallest absolute Gasteiger partial charge is 0.256 e. The van der Waals surface area contributed by atoms with Crippen molar-refractivity contribution in [2.24, 2.45) is 5.92 Å². The van der Waals surface area contributed by atoms with Crippen LogP contribution in [0.1, 0.15) is 46.0 Å². The Morgan fingerprint density at radius 2 is 1.88 bits per heavy atom. The van der Waals surface area contributed by atoms with Crippen LogP contribution in [0.25, 0.3) is 0 Å². The number of rotatable bonds is 10. The molecule has 3 rings (SSSR count). The zero-order valence-electron chi connectivity index (χ0n) is 16.1. The number of benzene rings is 1. The van der Waals surface area contributed by atoms with Gasteiger partial charge in [0.15, 0.2) is 0 Å². The molecule has 1 aromatic rings. The monoisotopic (exact) mass is 360 g/mol. The summed E-state index contributed by atoms with van der Waals surface area (Å²) in [5.41, 5.74) is 0.0647. The first-order chi connectivity index (χ1) is 12.6. The number of hydrogen-bond donors (Lipinski definition) is 1. The molecule has 0 aromatic heterocycles. The lowest BCUT2D eigenvalue weighted by Gasteiger charge is -2.28. The van der Waals surface area contributed by atoms with Crippen molar-refractivity contribution in [1.82, 2.24) is 4.90 Å². The molecular formula is C21H32N2O3. The fourth-order valence-electron chi connectivity index (χ4n) is 3.51. The molecule has 0 radical (unpaired) electrons. The van der Waals surface area contributed by atoms with Gasteiger partial charge in [-0.25, -0.2) is 0 Å². The molecule has 1 saturated carbocycles. The lowest BCUT2D eigenvalue weighted by atomic mass is 9.98. The van der Waals surface area contributed by atoms with Crippen molar-refractivity contribution in [3.05, 3.63) is 24.3 Å². The highest BCUT2D eigenvalue weighted by molar-refractivity contribution is 5.97. The van der Waals surface area contributed by atoms with Crippen LogP contribution < -0.4 is 10.1 Å². The second kappa shape index (κ2) is 8.87. The van der Waals surface area contributed by atoms with Crippen LogP contribution in [0, 0.1) is 5.92 Å². The van der Waals surface area contributed by atoms with E-state index < -0.39 is 5.60 Å². The van der Waals surface area contributed by atoms with Crippen molar-refractivity contribution in [3.8, 4) is 5.75 Å². The van der Waals surface area contributed by atoms with E-state index in [0.29, 0.717) is 19.1 Å². The average molecular weight is 360 g/mol. The minimum Gasteiger partial charge on any atom is -0.492 e. The van der Waals surface area contributed by atoms with Crippen LogP contribution in [-0.4, -0.2) is 49.3 Å². The highest BCUT2D eigenvalue weighted by Gasteiger charge is 2.48. The summed E-state index contributed by atoms with van der Waals surface area (Å²) in [4.78, 5) is 15.2. The van der Waals surface area contributed by atoms with Crippen LogP contribution in [0.4, 0.5) is 5.69 Å². The summed E-state index contributed by atoms with van der Waals surface area (Å²) in [6.07, 6.45) is 5.65. The largest absolute Gasteiger partial charge is 0.492 e. The van der Waals surface area contributed by atoms with Crippen molar-refractivity contribution in [2.75, 3.05) is 38.2 Å². The molecule has 1 aromatic carbocycles. The Morgan fingerprint density at radius 3 is 2.50 bits per heavy atom. The molecule has 0 unspecified atom stereocenters. The Kier molecular flexibility index (Phi) is 6.54. The van der Waals surface area contributed by atoms with Crippen LogP contribution in [0.15, 0.2) is 24.3 Å². The third-order valence-corrected chi connectivity index (χ3v) is 5.40. The Bertz CT molecular complexity index is 579. The van der Waals surface area contributed by atoms with Crippen molar-refractivity contribution in [1.29, 1.82) is 0 Å². The predicted molar refractivity (Wildman–Crippen MR) is 104 cm³/mol. The predicted octanol–water partition coefficient (Wildman–Crippen LogP) is 3.70. The van der Waals surface area contributed by atoms with E-state index in [2.05, 4.69) is 17.1 Å². The number of carbonyl (C=O) groups excluding carboxylic acids is 1. The third kappa shape index (κ3) is 4.98. The SMILES string of the molecule is CCCO[C@](C)(C(=O)Nc1ccc(OCCN2CCCC2)cc1)C1CC1. The molecule has 0 bridgehead atoms. The summed E-state index contributed by atoms with van der Waals surface area (Å²) in [7, 11) is 0. The highest BCUT2D eigenvalue weighted by atomic mass is 16.5.